The summed E-state index contributed by atoms with van der Waals surface area (Å²) in [5.74, 6) is -0.0953. The minimum absolute atomic E-state index is 0. The number of nitrogens with one attached hydrogen (secondary N) is 2. The van der Waals surface area contributed by atoms with Crippen molar-refractivity contribution in [2.45, 2.75) is 25.3 Å². The maximum atomic E-state index is 12.3. The van der Waals surface area contributed by atoms with Crippen molar-refractivity contribution in [2.24, 2.45) is 0 Å². The molecule has 1 aliphatic rings. The van der Waals surface area contributed by atoms with E-state index in [2.05, 4.69) is 45.4 Å². The fourth-order valence-electron chi connectivity index (χ4n) is 3.35. The molecule has 2 aromatic heterocycles. The molecule has 0 aliphatic carbocycles. The van der Waals surface area contributed by atoms with Gasteiger partial charge in [-0.15, -0.1) is 23.7 Å². The molecule has 0 radical (unpaired) electrons. The summed E-state index contributed by atoms with van der Waals surface area (Å²) >= 11 is 1.75. The number of piperidine rings is 1. The zero-order valence-corrected chi connectivity index (χ0v) is 16.1. The first-order valence-corrected chi connectivity index (χ1v) is 9.68. The van der Waals surface area contributed by atoms with Gasteiger partial charge in [-0.2, -0.15) is 5.10 Å². The van der Waals surface area contributed by atoms with Gasteiger partial charge in [0.25, 0.3) is 5.91 Å². The summed E-state index contributed by atoms with van der Waals surface area (Å²) in [4.78, 5) is 12.3. The Labute approximate surface area is 163 Å². The van der Waals surface area contributed by atoms with Crippen molar-refractivity contribution in [3.8, 4) is 0 Å². The summed E-state index contributed by atoms with van der Waals surface area (Å²) in [7, 11) is 0. The minimum atomic E-state index is -0.0953. The zero-order valence-electron chi connectivity index (χ0n) is 14.5. The molecular formula is C19H23ClN4OS. The van der Waals surface area contributed by atoms with E-state index < -0.39 is 0 Å². The Morgan fingerprint density at radius 3 is 3.08 bits per heavy atom. The summed E-state index contributed by atoms with van der Waals surface area (Å²) in [5, 5.41) is 14.3. The van der Waals surface area contributed by atoms with E-state index in [0.717, 1.165) is 32.4 Å². The topological polar surface area (TPSA) is 59.0 Å². The van der Waals surface area contributed by atoms with E-state index in [1.54, 1.807) is 11.3 Å². The summed E-state index contributed by atoms with van der Waals surface area (Å²) < 4.78 is 3.22. The van der Waals surface area contributed by atoms with Gasteiger partial charge < -0.3 is 10.6 Å². The molecule has 1 fully saturated rings. The van der Waals surface area contributed by atoms with Crippen molar-refractivity contribution in [2.75, 3.05) is 19.6 Å². The number of aromatic nitrogens is 2. The van der Waals surface area contributed by atoms with Gasteiger partial charge in [-0.25, -0.2) is 0 Å². The van der Waals surface area contributed by atoms with Gasteiger partial charge in [0.05, 0.1) is 6.04 Å². The third kappa shape index (κ3) is 4.09. The smallest absolute Gasteiger partial charge is 0.271 e. The lowest BCUT2D eigenvalue weighted by Crippen LogP contribution is -2.32. The van der Waals surface area contributed by atoms with Crippen molar-refractivity contribution in [3.05, 3.63) is 53.2 Å². The van der Waals surface area contributed by atoms with Crippen LogP contribution in [0.15, 0.2) is 41.9 Å². The number of thiophene rings is 1. The lowest BCUT2D eigenvalue weighted by atomic mass is 10.1. The highest BCUT2D eigenvalue weighted by Gasteiger charge is 2.17. The molecule has 26 heavy (non-hydrogen) atoms. The fourth-order valence-corrected chi connectivity index (χ4v) is 4.35. The van der Waals surface area contributed by atoms with E-state index >= 15 is 0 Å². The average molecular weight is 391 g/mol. The Balaban J connectivity index is 0.00000196. The Kier molecular flexibility index (Phi) is 6.29. The van der Waals surface area contributed by atoms with Crippen molar-refractivity contribution in [1.82, 2.24) is 20.4 Å². The Bertz CT molecular complexity index is 869. The number of carbonyl (C=O) groups is 1. The van der Waals surface area contributed by atoms with Crippen LogP contribution in [0.2, 0.25) is 0 Å². The minimum Gasteiger partial charge on any atom is -0.350 e. The monoisotopic (exact) mass is 390 g/mol. The summed E-state index contributed by atoms with van der Waals surface area (Å²) in [6.45, 7) is 2.62. The second-order valence-electron chi connectivity index (χ2n) is 6.44. The van der Waals surface area contributed by atoms with E-state index in [1.807, 2.05) is 16.9 Å². The van der Waals surface area contributed by atoms with E-state index in [1.165, 1.54) is 15.6 Å². The molecule has 4 rings (SSSR count). The molecule has 1 aliphatic heterocycles. The molecule has 2 N–H and O–H groups in total. The SMILES string of the molecule is Cl.O=C(NCCc1csc2ccccc12)c1ccn(C2CCCNC2)n1. The molecule has 1 atom stereocenters. The van der Waals surface area contributed by atoms with Gasteiger partial charge >= 0.3 is 0 Å². The van der Waals surface area contributed by atoms with E-state index in [9.17, 15) is 4.79 Å². The first kappa shape index (κ1) is 18.9. The van der Waals surface area contributed by atoms with Crippen LogP contribution in [-0.2, 0) is 6.42 Å². The van der Waals surface area contributed by atoms with E-state index in [0.29, 0.717) is 18.3 Å². The maximum Gasteiger partial charge on any atom is 0.271 e. The number of hydrogen-bond donors (Lipinski definition) is 2. The molecule has 1 saturated heterocycles. The summed E-state index contributed by atoms with van der Waals surface area (Å²) in [6, 6.07) is 10.6. The molecule has 0 bridgehead atoms. The molecule has 1 aromatic carbocycles. The van der Waals surface area contributed by atoms with Crippen LogP contribution in [0.1, 0.15) is 34.9 Å². The van der Waals surface area contributed by atoms with E-state index in [4.69, 9.17) is 0 Å². The summed E-state index contributed by atoms with van der Waals surface area (Å²) in [5.41, 5.74) is 1.79. The van der Waals surface area contributed by atoms with Crippen LogP contribution in [0.4, 0.5) is 0 Å². The van der Waals surface area contributed by atoms with Crippen molar-refractivity contribution < 1.29 is 4.79 Å². The van der Waals surface area contributed by atoms with Gasteiger partial charge in [-0.1, -0.05) is 18.2 Å². The number of halogens is 1. The number of hydrogen-bond acceptors (Lipinski definition) is 4. The first-order valence-electron chi connectivity index (χ1n) is 8.80. The molecule has 0 saturated carbocycles. The Morgan fingerprint density at radius 1 is 1.35 bits per heavy atom. The number of carbonyl (C=O) groups excluding carboxylic acids is 1. The van der Waals surface area contributed by atoms with Gasteiger partial charge in [0.2, 0.25) is 0 Å². The second-order valence-corrected chi connectivity index (χ2v) is 7.36. The molecule has 5 nitrogen and oxygen atoms in total. The molecular weight excluding hydrogens is 368 g/mol. The fraction of sp³-hybridized carbons (Fsp3) is 0.368. The van der Waals surface area contributed by atoms with Gasteiger partial charge in [0.15, 0.2) is 0 Å². The predicted molar refractivity (Wildman–Crippen MR) is 108 cm³/mol. The van der Waals surface area contributed by atoms with Crippen molar-refractivity contribution in [1.29, 1.82) is 0 Å². The maximum absolute atomic E-state index is 12.3. The normalized spacial score (nSPS) is 17.0. The number of nitrogens with zero attached hydrogens (tertiary/aromatic N) is 2. The molecule has 7 heteroatoms. The van der Waals surface area contributed by atoms with Crippen LogP contribution < -0.4 is 10.6 Å². The highest BCUT2D eigenvalue weighted by Crippen LogP contribution is 2.25. The largest absolute Gasteiger partial charge is 0.350 e. The Morgan fingerprint density at radius 2 is 2.23 bits per heavy atom. The highest BCUT2D eigenvalue weighted by molar-refractivity contribution is 7.17. The number of rotatable bonds is 5. The molecule has 3 aromatic rings. The summed E-state index contributed by atoms with van der Waals surface area (Å²) in [6.07, 6.45) is 5.02. The van der Waals surface area contributed by atoms with Crippen LogP contribution >= 0.6 is 23.7 Å². The average Bonchev–Trinajstić information content (AvgIpc) is 3.30. The van der Waals surface area contributed by atoms with Crippen LogP contribution in [-0.4, -0.2) is 35.3 Å². The number of amides is 1. The highest BCUT2D eigenvalue weighted by atomic mass is 35.5. The van der Waals surface area contributed by atoms with Gasteiger partial charge in [-0.05, 0) is 54.3 Å². The predicted octanol–water partition coefficient (Wildman–Crippen LogP) is 3.42. The number of benzene rings is 1. The van der Waals surface area contributed by atoms with Crippen LogP contribution in [0.5, 0.6) is 0 Å². The molecule has 1 unspecified atom stereocenters. The molecule has 3 heterocycles. The van der Waals surface area contributed by atoms with Crippen LogP contribution in [0.25, 0.3) is 10.1 Å². The third-order valence-corrected chi connectivity index (χ3v) is 5.74. The van der Waals surface area contributed by atoms with Gasteiger partial charge in [-0.3, -0.25) is 9.48 Å². The van der Waals surface area contributed by atoms with Gasteiger partial charge in [0, 0.05) is 24.0 Å². The van der Waals surface area contributed by atoms with Crippen molar-refractivity contribution in [3.63, 3.8) is 0 Å². The number of fused-ring (bicyclic) bond motifs is 1. The first-order chi connectivity index (χ1) is 12.3. The van der Waals surface area contributed by atoms with Crippen LogP contribution in [0.3, 0.4) is 0 Å². The molecule has 138 valence electrons. The lowest BCUT2D eigenvalue weighted by Gasteiger charge is -2.22. The second kappa shape index (κ2) is 8.66. The Hall–Kier alpha value is -1.89. The van der Waals surface area contributed by atoms with Crippen molar-refractivity contribution >= 4 is 39.7 Å². The molecule has 0 spiro atoms. The van der Waals surface area contributed by atoms with E-state index in [-0.39, 0.29) is 18.3 Å². The quantitative estimate of drug-likeness (QED) is 0.701. The third-order valence-electron chi connectivity index (χ3n) is 4.73. The van der Waals surface area contributed by atoms with Crippen LogP contribution in [0, 0.1) is 0 Å². The van der Waals surface area contributed by atoms with Gasteiger partial charge in [0.1, 0.15) is 5.69 Å². The zero-order chi connectivity index (χ0) is 17.1. The standard InChI is InChI=1S/C19H22N4OS.ClH/c24-19(17-8-11-23(22-17)15-4-3-9-20-12-15)21-10-7-14-13-25-18-6-2-1-5-16(14)18;/h1-2,5-6,8,11,13,15,20H,3-4,7,9-10,12H2,(H,21,24);1H. The molecule has 1 amide bonds. The lowest BCUT2D eigenvalue weighted by molar-refractivity contribution is 0.0948.